The molecule has 1 aliphatic carbocycles. The van der Waals surface area contributed by atoms with Crippen LogP contribution in [0.4, 0.5) is 0 Å². The van der Waals surface area contributed by atoms with Crippen molar-refractivity contribution in [3.05, 3.63) is 29.8 Å². The highest BCUT2D eigenvalue weighted by atomic mass is 16.5. The SMILES string of the molecule is CCNC(C1CCCCC1)C1Cc2ccccc2O1. The molecule has 0 bridgehead atoms. The van der Waals surface area contributed by atoms with Crippen LogP contribution in [0, 0.1) is 5.92 Å². The first-order valence-corrected chi connectivity index (χ1v) is 7.86. The first-order valence-electron chi connectivity index (χ1n) is 7.86. The maximum Gasteiger partial charge on any atom is 0.123 e. The van der Waals surface area contributed by atoms with Crippen LogP contribution in [0.5, 0.6) is 5.75 Å². The Balaban J connectivity index is 1.71. The molecule has 2 heteroatoms. The van der Waals surface area contributed by atoms with E-state index in [4.69, 9.17) is 4.74 Å². The van der Waals surface area contributed by atoms with E-state index in [1.54, 1.807) is 0 Å². The van der Waals surface area contributed by atoms with Crippen molar-refractivity contribution in [2.24, 2.45) is 5.92 Å². The van der Waals surface area contributed by atoms with E-state index in [1.807, 2.05) is 0 Å². The van der Waals surface area contributed by atoms with Gasteiger partial charge in [-0.2, -0.15) is 0 Å². The molecule has 1 aliphatic heterocycles. The Morgan fingerprint density at radius 2 is 2.00 bits per heavy atom. The number of nitrogens with one attached hydrogen (secondary N) is 1. The predicted octanol–water partition coefficient (Wildman–Crippen LogP) is 3.55. The molecule has 0 radical (unpaired) electrons. The maximum absolute atomic E-state index is 6.21. The molecule has 104 valence electrons. The second-order valence-corrected chi connectivity index (χ2v) is 5.95. The Hall–Kier alpha value is -1.02. The third kappa shape index (κ3) is 2.79. The number of rotatable bonds is 4. The van der Waals surface area contributed by atoms with E-state index in [0.29, 0.717) is 12.1 Å². The molecule has 0 saturated heterocycles. The van der Waals surface area contributed by atoms with E-state index in [1.165, 1.54) is 37.7 Å². The predicted molar refractivity (Wildman–Crippen MR) is 78.6 cm³/mol. The zero-order chi connectivity index (χ0) is 13.1. The molecule has 1 saturated carbocycles. The quantitative estimate of drug-likeness (QED) is 0.893. The topological polar surface area (TPSA) is 21.3 Å². The smallest absolute Gasteiger partial charge is 0.123 e. The Labute approximate surface area is 116 Å². The van der Waals surface area contributed by atoms with Crippen molar-refractivity contribution in [3.63, 3.8) is 0 Å². The van der Waals surface area contributed by atoms with Crippen LogP contribution in [0.25, 0.3) is 0 Å². The lowest BCUT2D eigenvalue weighted by Gasteiger charge is -2.34. The van der Waals surface area contributed by atoms with E-state index < -0.39 is 0 Å². The van der Waals surface area contributed by atoms with Crippen LogP contribution in [0.15, 0.2) is 24.3 Å². The molecular weight excluding hydrogens is 234 g/mol. The molecule has 2 aliphatic rings. The highest BCUT2D eigenvalue weighted by Crippen LogP contribution is 2.35. The highest BCUT2D eigenvalue weighted by molar-refractivity contribution is 5.37. The fourth-order valence-corrected chi connectivity index (χ4v) is 3.74. The van der Waals surface area contributed by atoms with Crippen LogP contribution in [-0.2, 0) is 6.42 Å². The lowest BCUT2D eigenvalue weighted by molar-refractivity contribution is 0.122. The van der Waals surface area contributed by atoms with Gasteiger partial charge < -0.3 is 10.1 Å². The van der Waals surface area contributed by atoms with Gasteiger partial charge in [0, 0.05) is 12.5 Å². The molecule has 1 N–H and O–H groups in total. The van der Waals surface area contributed by atoms with Crippen LogP contribution < -0.4 is 10.1 Å². The summed E-state index contributed by atoms with van der Waals surface area (Å²) in [6.07, 6.45) is 8.35. The molecule has 3 rings (SSSR count). The minimum atomic E-state index is 0.334. The summed E-state index contributed by atoms with van der Waals surface area (Å²) in [5.74, 6) is 1.90. The minimum absolute atomic E-state index is 0.334. The van der Waals surface area contributed by atoms with Crippen molar-refractivity contribution in [1.29, 1.82) is 0 Å². The van der Waals surface area contributed by atoms with Crippen LogP contribution in [0.2, 0.25) is 0 Å². The van der Waals surface area contributed by atoms with E-state index in [0.717, 1.165) is 24.6 Å². The van der Waals surface area contributed by atoms with Gasteiger partial charge in [-0.05, 0) is 36.9 Å². The largest absolute Gasteiger partial charge is 0.488 e. The average Bonchev–Trinajstić information content (AvgIpc) is 2.89. The van der Waals surface area contributed by atoms with Gasteiger partial charge in [0.25, 0.3) is 0 Å². The monoisotopic (exact) mass is 259 g/mol. The molecule has 1 heterocycles. The molecular formula is C17H25NO. The summed E-state index contributed by atoms with van der Waals surface area (Å²) in [6, 6.07) is 9.04. The van der Waals surface area contributed by atoms with Gasteiger partial charge in [0.1, 0.15) is 11.9 Å². The maximum atomic E-state index is 6.21. The van der Waals surface area contributed by atoms with Gasteiger partial charge in [-0.1, -0.05) is 44.4 Å². The number of hydrogen-bond donors (Lipinski definition) is 1. The Morgan fingerprint density at radius 3 is 2.74 bits per heavy atom. The van der Waals surface area contributed by atoms with E-state index >= 15 is 0 Å². The molecule has 0 aromatic heterocycles. The van der Waals surface area contributed by atoms with Crippen molar-refractivity contribution in [2.75, 3.05) is 6.54 Å². The zero-order valence-electron chi connectivity index (χ0n) is 11.9. The van der Waals surface area contributed by atoms with Crippen LogP contribution >= 0.6 is 0 Å². The second kappa shape index (κ2) is 5.96. The van der Waals surface area contributed by atoms with Gasteiger partial charge in [0.2, 0.25) is 0 Å². The second-order valence-electron chi connectivity index (χ2n) is 5.95. The van der Waals surface area contributed by atoms with Gasteiger partial charge in [0.15, 0.2) is 0 Å². The summed E-state index contributed by atoms with van der Waals surface area (Å²) >= 11 is 0. The van der Waals surface area contributed by atoms with Crippen molar-refractivity contribution < 1.29 is 4.74 Å². The van der Waals surface area contributed by atoms with E-state index in [2.05, 4.69) is 36.5 Å². The fourth-order valence-electron chi connectivity index (χ4n) is 3.74. The Kier molecular flexibility index (Phi) is 4.07. The van der Waals surface area contributed by atoms with Crippen LogP contribution in [-0.4, -0.2) is 18.7 Å². The summed E-state index contributed by atoms with van der Waals surface area (Å²) in [5.41, 5.74) is 1.38. The number of para-hydroxylation sites is 1. The van der Waals surface area contributed by atoms with Crippen LogP contribution in [0.3, 0.4) is 0 Å². The first kappa shape index (κ1) is 13.0. The lowest BCUT2D eigenvalue weighted by Crippen LogP contribution is -2.48. The number of benzene rings is 1. The minimum Gasteiger partial charge on any atom is -0.488 e. The number of hydrogen-bond acceptors (Lipinski definition) is 2. The summed E-state index contributed by atoms with van der Waals surface area (Å²) in [7, 11) is 0. The van der Waals surface area contributed by atoms with E-state index in [9.17, 15) is 0 Å². The molecule has 2 unspecified atom stereocenters. The van der Waals surface area contributed by atoms with Gasteiger partial charge >= 0.3 is 0 Å². The number of likely N-dealkylation sites (N-methyl/N-ethyl adjacent to an activating group) is 1. The van der Waals surface area contributed by atoms with Crippen molar-refractivity contribution in [2.45, 2.75) is 57.6 Å². The lowest BCUT2D eigenvalue weighted by atomic mass is 9.81. The summed E-state index contributed by atoms with van der Waals surface area (Å²) < 4.78 is 6.21. The molecule has 1 aromatic carbocycles. The number of fused-ring (bicyclic) bond motifs is 1. The average molecular weight is 259 g/mol. The summed E-state index contributed by atoms with van der Waals surface area (Å²) in [6.45, 7) is 3.25. The zero-order valence-corrected chi connectivity index (χ0v) is 11.9. The Bertz CT molecular complexity index is 386. The third-order valence-corrected chi connectivity index (χ3v) is 4.67. The molecule has 0 amide bonds. The van der Waals surface area contributed by atoms with Crippen LogP contribution in [0.1, 0.15) is 44.6 Å². The van der Waals surface area contributed by atoms with Crippen molar-refractivity contribution in [1.82, 2.24) is 5.32 Å². The molecule has 2 nitrogen and oxygen atoms in total. The van der Waals surface area contributed by atoms with Crippen molar-refractivity contribution >= 4 is 0 Å². The molecule has 0 spiro atoms. The molecule has 1 aromatic rings. The van der Waals surface area contributed by atoms with Gasteiger partial charge in [-0.15, -0.1) is 0 Å². The standard InChI is InChI=1S/C17H25NO/c1-2-18-17(13-8-4-3-5-9-13)16-12-14-10-6-7-11-15(14)19-16/h6-7,10-11,13,16-18H,2-5,8-9,12H2,1H3. The molecule has 19 heavy (non-hydrogen) atoms. The normalized spacial score (nSPS) is 24.8. The fraction of sp³-hybridized carbons (Fsp3) is 0.647. The van der Waals surface area contributed by atoms with Crippen molar-refractivity contribution in [3.8, 4) is 5.75 Å². The van der Waals surface area contributed by atoms with Gasteiger partial charge in [-0.25, -0.2) is 0 Å². The molecule has 2 atom stereocenters. The summed E-state index contributed by atoms with van der Waals surface area (Å²) in [5, 5.41) is 3.70. The highest BCUT2D eigenvalue weighted by Gasteiger charge is 2.35. The summed E-state index contributed by atoms with van der Waals surface area (Å²) in [4.78, 5) is 0. The third-order valence-electron chi connectivity index (χ3n) is 4.67. The van der Waals surface area contributed by atoms with E-state index in [-0.39, 0.29) is 0 Å². The van der Waals surface area contributed by atoms with Gasteiger partial charge in [-0.3, -0.25) is 0 Å². The first-order chi connectivity index (χ1) is 9.38. The number of ether oxygens (including phenoxy) is 1. The van der Waals surface area contributed by atoms with Gasteiger partial charge in [0.05, 0.1) is 0 Å². The Morgan fingerprint density at radius 1 is 1.21 bits per heavy atom. The molecule has 1 fully saturated rings.